The van der Waals surface area contributed by atoms with Crippen molar-refractivity contribution in [3.8, 4) is 11.5 Å². The van der Waals surface area contributed by atoms with Crippen molar-refractivity contribution in [1.82, 2.24) is 4.57 Å². The summed E-state index contributed by atoms with van der Waals surface area (Å²) in [7, 11) is 1.58. The van der Waals surface area contributed by atoms with Crippen LogP contribution in [-0.4, -0.2) is 24.3 Å². The van der Waals surface area contributed by atoms with E-state index in [0.717, 1.165) is 28.0 Å². The van der Waals surface area contributed by atoms with Gasteiger partial charge in [-0.05, 0) is 88.8 Å². The predicted octanol–water partition coefficient (Wildman–Crippen LogP) is 5.88. The zero-order valence-corrected chi connectivity index (χ0v) is 26.5. The highest BCUT2D eigenvalue weighted by Crippen LogP contribution is 2.35. The molecule has 2 heterocycles. The van der Waals surface area contributed by atoms with Gasteiger partial charge in [-0.25, -0.2) is 9.79 Å². The highest BCUT2D eigenvalue weighted by atomic mass is 79.9. The largest absolute Gasteiger partial charge is 0.496 e. The zero-order valence-electron chi connectivity index (χ0n) is 24.1. The number of esters is 1. The number of methoxy groups -OCH3 is 1. The van der Waals surface area contributed by atoms with Crippen LogP contribution >= 0.6 is 27.3 Å². The molecule has 43 heavy (non-hydrogen) atoms. The molecular weight excluding hydrogens is 628 g/mol. The number of thiazole rings is 1. The van der Waals surface area contributed by atoms with Crippen molar-refractivity contribution in [2.75, 3.05) is 13.7 Å². The lowest BCUT2D eigenvalue weighted by molar-refractivity contribution is -0.139. The number of rotatable bonds is 10. The third-order valence-electron chi connectivity index (χ3n) is 6.99. The minimum absolute atomic E-state index is 0.206. The Bertz CT molecular complexity index is 1890. The van der Waals surface area contributed by atoms with Crippen molar-refractivity contribution >= 4 is 39.3 Å². The van der Waals surface area contributed by atoms with Crippen molar-refractivity contribution in [3.63, 3.8) is 0 Å². The maximum atomic E-state index is 14.0. The molecule has 0 N–H and O–H groups in total. The van der Waals surface area contributed by atoms with Crippen LogP contribution < -0.4 is 24.4 Å². The first-order chi connectivity index (χ1) is 20.8. The maximum Gasteiger partial charge on any atom is 0.338 e. The number of carbonyl (C=O) groups excluding carboxylic acids is 1. The van der Waals surface area contributed by atoms with Gasteiger partial charge in [0.25, 0.3) is 5.56 Å². The fourth-order valence-corrected chi connectivity index (χ4v) is 6.60. The van der Waals surface area contributed by atoms with Crippen LogP contribution in [-0.2, 0) is 22.6 Å². The molecule has 1 atom stereocenters. The van der Waals surface area contributed by atoms with E-state index in [2.05, 4.69) is 27.5 Å². The average molecular weight is 660 g/mol. The molecule has 3 aromatic carbocycles. The molecule has 0 saturated carbocycles. The van der Waals surface area contributed by atoms with E-state index in [0.29, 0.717) is 43.9 Å². The lowest BCUT2D eigenvalue weighted by atomic mass is 9.96. The van der Waals surface area contributed by atoms with Crippen LogP contribution in [0.4, 0.5) is 0 Å². The normalized spacial score (nSPS) is 14.6. The molecule has 0 aliphatic carbocycles. The highest BCUT2D eigenvalue weighted by molar-refractivity contribution is 9.10. The molecule has 9 heteroatoms. The van der Waals surface area contributed by atoms with Crippen LogP contribution in [0.3, 0.4) is 0 Å². The van der Waals surface area contributed by atoms with Crippen LogP contribution in [0.2, 0.25) is 0 Å². The summed E-state index contributed by atoms with van der Waals surface area (Å²) in [6.45, 7) is 8.08. The number of aromatic nitrogens is 1. The van der Waals surface area contributed by atoms with E-state index >= 15 is 0 Å². The second-order valence-corrected chi connectivity index (χ2v) is 11.7. The molecule has 0 spiro atoms. The van der Waals surface area contributed by atoms with E-state index in [1.165, 1.54) is 11.3 Å². The lowest BCUT2D eigenvalue weighted by Gasteiger charge is -2.25. The summed E-state index contributed by atoms with van der Waals surface area (Å²) < 4.78 is 19.7. The van der Waals surface area contributed by atoms with Gasteiger partial charge in [-0.15, -0.1) is 6.58 Å². The van der Waals surface area contributed by atoms with Crippen LogP contribution in [0.25, 0.3) is 6.08 Å². The molecule has 1 aliphatic heterocycles. The summed E-state index contributed by atoms with van der Waals surface area (Å²) >= 11 is 4.83. The van der Waals surface area contributed by atoms with Crippen LogP contribution in [0.1, 0.15) is 42.1 Å². The van der Waals surface area contributed by atoms with Crippen molar-refractivity contribution in [1.29, 1.82) is 0 Å². The Labute approximate surface area is 262 Å². The number of ether oxygens (including phenoxy) is 3. The Morgan fingerprint density at radius 3 is 2.58 bits per heavy atom. The first-order valence-electron chi connectivity index (χ1n) is 13.8. The summed E-state index contributed by atoms with van der Waals surface area (Å²) in [6, 6.07) is 20.6. The number of benzene rings is 3. The monoisotopic (exact) mass is 658 g/mol. The van der Waals surface area contributed by atoms with E-state index in [9.17, 15) is 9.59 Å². The summed E-state index contributed by atoms with van der Waals surface area (Å²) in [5, 5.41) is 0. The van der Waals surface area contributed by atoms with E-state index in [1.807, 2.05) is 72.8 Å². The van der Waals surface area contributed by atoms with Crippen molar-refractivity contribution in [2.24, 2.45) is 4.99 Å². The van der Waals surface area contributed by atoms with E-state index in [4.69, 9.17) is 14.2 Å². The Hall–Kier alpha value is -4.21. The number of fused-ring (bicyclic) bond motifs is 1. The smallest absolute Gasteiger partial charge is 0.338 e. The minimum Gasteiger partial charge on any atom is -0.496 e. The SMILES string of the molecule is C=CCc1cc(/C=c2/sc3n(c2=O)[C@@H](c2ccc(OC)c(Br)c2)C(C(=O)OCC)=C(C)N=3)ccc1OCc1ccccc1. The van der Waals surface area contributed by atoms with Crippen molar-refractivity contribution < 1.29 is 19.0 Å². The molecular formula is C34H31BrN2O5S. The molecule has 0 bridgehead atoms. The van der Waals surface area contributed by atoms with Gasteiger partial charge in [0, 0.05) is 0 Å². The Morgan fingerprint density at radius 1 is 1.12 bits per heavy atom. The highest BCUT2D eigenvalue weighted by Gasteiger charge is 2.33. The van der Waals surface area contributed by atoms with Gasteiger partial charge in [0.15, 0.2) is 4.80 Å². The van der Waals surface area contributed by atoms with Gasteiger partial charge in [-0.2, -0.15) is 0 Å². The molecule has 0 unspecified atom stereocenters. The summed E-state index contributed by atoms with van der Waals surface area (Å²) in [5.74, 6) is 0.901. The Kier molecular flexibility index (Phi) is 9.43. The summed E-state index contributed by atoms with van der Waals surface area (Å²) in [6.07, 6.45) is 4.29. The van der Waals surface area contributed by atoms with Crippen LogP contribution in [0, 0.1) is 0 Å². The molecule has 4 aromatic rings. The number of hydrogen-bond donors (Lipinski definition) is 0. The molecule has 5 rings (SSSR count). The number of halogens is 1. The predicted molar refractivity (Wildman–Crippen MR) is 172 cm³/mol. The fourth-order valence-electron chi connectivity index (χ4n) is 4.99. The zero-order chi connectivity index (χ0) is 30.5. The van der Waals surface area contributed by atoms with Crippen LogP contribution in [0.5, 0.6) is 11.5 Å². The van der Waals surface area contributed by atoms with Gasteiger partial charge in [0.05, 0.1) is 40.0 Å². The van der Waals surface area contributed by atoms with E-state index in [1.54, 1.807) is 31.6 Å². The molecule has 220 valence electrons. The Balaban J connectivity index is 1.58. The number of carbonyl (C=O) groups is 1. The molecule has 1 aliphatic rings. The maximum absolute atomic E-state index is 14.0. The third kappa shape index (κ3) is 6.43. The Morgan fingerprint density at radius 2 is 1.88 bits per heavy atom. The fraction of sp³-hybridized carbons (Fsp3) is 0.206. The quantitative estimate of drug-likeness (QED) is 0.157. The first-order valence-corrected chi connectivity index (χ1v) is 15.4. The number of allylic oxidation sites excluding steroid dienone is 2. The second kappa shape index (κ2) is 13.4. The summed E-state index contributed by atoms with van der Waals surface area (Å²) in [5.41, 5.74) is 4.21. The molecule has 0 fully saturated rings. The van der Waals surface area contributed by atoms with Gasteiger partial charge in [-0.1, -0.05) is 59.9 Å². The van der Waals surface area contributed by atoms with E-state index < -0.39 is 12.0 Å². The van der Waals surface area contributed by atoms with Gasteiger partial charge < -0.3 is 14.2 Å². The third-order valence-corrected chi connectivity index (χ3v) is 8.59. The van der Waals surface area contributed by atoms with Gasteiger partial charge >= 0.3 is 5.97 Å². The molecule has 0 amide bonds. The van der Waals surface area contributed by atoms with Crippen molar-refractivity contribution in [2.45, 2.75) is 32.9 Å². The molecule has 0 radical (unpaired) electrons. The van der Waals surface area contributed by atoms with Crippen LogP contribution in [0.15, 0.2) is 105 Å². The number of nitrogens with zero attached hydrogens (tertiary/aromatic N) is 2. The average Bonchev–Trinajstić information content (AvgIpc) is 3.30. The lowest BCUT2D eigenvalue weighted by Crippen LogP contribution is -2.40. The van der Waals surface area contributed by atoms with Gasteiger partial charge in [0.2, 0.25) is 0 Å². The van der Waals surface area contributed by atoms with Crippen molar-refractivity contribution in [3.05, 3.63) is 137 Å². The summed E-state index contributed by atoms with van der Waals surface area (Å²) in [4.78, 5) is 32.4. The topological polar surface area (TPSA) is 79.1 Å². The molecule has 0 saturated heterocycles. The van der Waals surface area contributed by atoms with Gasteiger partial charge in [-0.3, -0.25) is 9.36 Å². The molecule has 1 aromatic heterocycles. The van der Waals surface area contributed by atoms with Gasteiger partial charge in [0.1, 0.15) is 18.1 Å². The minimum atomic E-state index is -0.718. The number of hydrogen-bond acceptors (Lipinski definition) is 7. The second-order valence-electron chi connectivity index (χ2n) is 9.83. The standard InChI is InChI=1S/C34H31BrN2O5S/c1-5-10-24-17-23(13-15-27(24)42-20-22-11-8-7-9-12-22)18-29-32(38)37-31(25-14-16-28(40-4)26(35)19-25)30(33(39)41-6-2)21(3)36-34(37)43-29/h5,7-9,11-19,31H,1,6,10,20H2,2-4H3/b29-18+/t31-/m0/s1. The molecule has 7 nitrogen and oxygen atoms in total. The first kappa shape index (κ1) is 30.3. The van der Waals surface area contributed by atoms with E-state index in [-0.39, 0.29) is 12.2 Å².